The Hall–Kier alpha value is -4.38. The van der Waals surface area contributed by atoms with Gasteiger partial charge in [-0.05, 0) is 42.3 Å². The molecule has 1 heterocycles. The van der Waals surface area contributed by atoms with Crippen molar-refractivity contribution in [3.8, 4) is 6.19 Å². The van der Waals surface area contributed by atoms with Crippen LogP contribution in [0, 0.1) is 24.2 Å². The Balaban J connectivity index is 1.58. The molecule has 0 aliphatic carbocycles. The Morgan fingerprint density at radius 1 is 1.03 bits per heavy atom. The number of para-hydroxylation sites is 1. The highest BCUT2D eigenvalue weighted by atomic mass is 19.1. The Bertz CT molecular complexity index is 1220. The number of nitrogens with zero attached hydrogens (tertiary/aromatic N) is 4. The number of anilines is 2. The number of urea groups is 1. The number of nitrogens with one attached hydrogen (secondary N) is 2. The zero-order valence-corrected chi connectivity index (χ0v) is 18.8. The van der Waals surface area contributed by atoms with Crippen LogP contribution in [-0.2, 0) is 0 Å². The molecule has 3 aromatic carbocycles. The van der Waals surface area contributed by atoms with Crippen LogP contribution in [0.15, 0.2) is 83.9 Å². The summed E-state index contributed by atoms with van der Waals surface area (Å²) in [5.41, 5.74) is 3.24. The van der Waals surface area contributed by atoms with Crippen molar-refractivity contribution in [3.63, 3.8) is 0 Å². The lowest BCUT2D eigenvalue weighted by molar-refractivity contribution is 0.136. The molecule has 0 aromatic heterocycles. The van der Waals surface area contributed by atoms with Gasteiger partial charge in [-0.1, -0.05) is 54.6 Å². The summed E-state index contributed by atoms with van der Waals surface area (Å²) in [5, 5.41) is 15.4. The topological polar surface area (TPSA) is 83.8 Å². The molecule has 4 rings (SSSR count). The molecule has 2 amide bonds. The molecule has 0 bridgehead atoms. The molecular weight excluding hydrogens is 431 g/mol. The lowest BCUT2D eigenvalue weighted by atomic mass is 10.0. The molecule has 172 valence electrons. The van der Waals surface area contributed by atoms with Gasteiger partial charge in [-0.15, -0.1) is 4.99 Å². The van der Waals surface area contributed by atoms with Crippen molar-refractivity contribution in [1.29, 1.82) is 5.26 Å². The summed E-state index contributed by atoms with van der Waals surface area (Å²) in [6, 6.07) is 22.7. The Morgan fingerprint density at radius 2 is 1.79 bits per heavy atom. The summed E-state index contributed by atoms with van der Waals surface area (Å²) in [7, 11) is 0. The van der Waals surface area contributed by atoms with E-state index in [0.717, 1.165) is 16.8 Å². The molecular formula is C26H25FN6O. The third-order valence-corrected chi connectivity index (χ3v) is 5.75. The zero-order chi connectivity index (χ0) is 23.9. The number of nitriles is 1. The number of benzene rings is 3. The van der Waals surface area contributed by atoms with E-state index in [9.17, 15) is 14.4 Å². The van der Waals surface area contributed by atoms with Crippen molar-refractivity contribution < 1.29 is 9.18 Å². The van der Waals surface area contributed by atoms with Gasteiger partial charge in [0.05, 0.1) is 6.04 Å². The Morgan fingerprint density at radius 3 is 2.53 bits per heavy atom. The van der Waals surface area contributed by atoms with Crippen LogP contribution in [-0.4, -0.2) is 41.4 Å². The first-order valence-electron chi connectivity index (χ1n) is 11.0. The monoisotopic (exact) mass is 456 g/mol. The van der Waals surface area contributed by atoms with Gasteiger partial charge < -0.3 is 20.4 Å². The number of carbonyl (C=O) groups excluding carboxylic acids is 1. The summed E-state index contributed by atoms with van der Waals surface area (Å²) in [6.45, 7) is 3.27. The summed E-state index contributed by atoms with van der Waals surface area (Å²) in [4.78, 5) is 20.9. The molecule has 0 spiro atoms. The first-order chi connectivity index (χ1) is 16.5. The Kier molecular flexibility index (Phi) is 7.04. The van der Waals surface area contributed by atoms with Crippen LogP contribution in [0.4, 0.5) is 20.6 Å². The highest BCUT2D eigenvalue weighted by Crippen LogP contribution is 2.27. The minimum atomic E-state index is -0.415. The van der Waals surface area contributed by atoms with Gasteiger partial charge in [0.1, 0.15) is 5.82 Å². The van der Waals surface area contributed by atoms with E-state index in [0.29, 0.717) is 31.3 Å². The molecule has 0 saturated carbocycles. The zero-order valence-electron chi connectivity index (χ0n) is 18.8. The van der Waals surface area contributed by atoms with Gasteiger partial charge >= 0.3 is 6.03 Å². The van der Waals surface area contributed by atoms with Gasteiger partial charge in [0.15, 0.2) is 0 Å². The van der Waals surface area contributed by atoms with Crippen molar-refractivity contribution in [1.82, 2.24) is 9.80 Å². The van der Waals surface area contributed by atoms with Gasteiger partial charge in [-0.3, -0.25) is 0 Å². The molecule has 1 atom stereocenters. The average Bonchev–Trinajstić information content (AvgIpc) is 2.85. The molecule has 3 aromatic rings. The fourth-order valence-corrected chi connectivity index (χ4v) is 4.00. The second-order valence-electron chi connectivity index (χ2n) is 7.98. The average molecular weight is 457 g/mol. The van der Waals surface area contributed by atoms with Crippen molar-refractivity contribution in [2.45, 2.75) is 13.0 Å². The molecule has 1 fully saturated rings. The number of hydrogen-bond acceptors (Lipinski definition) is 3. The van der Waals surface area contributed by atoms with E-state index in [2.05, 4.69) is 15.6 Å². The first kappa shape index (κ1) is 22.8. The number of aryl methyl sites for hydroxylation is 1. The SMILES string of the molecule is Cc1ccccc1N/C(=N/C#N)N1CCN(C(=O)Nc2cccc(F)c2)C(c2ccccc2)C1. The Labute approximate surface area is 198 Å². The molecule has 1 aliphatic heterocycles. The lowest BCUT2D eigenvalue weighted by Gasteiger charge is -2.42. The van der Waals surface area contributed by atoms with Crippen LogP contribution in [0.5, 0.6) is 0 Å². The van der Waals surface area contributed by atoms with Crippen molar-refractivity contribution in [2.24, 2.45) is 4.99 Å². The van der Waals surface area contributed by atoms with E-state index < -0.39 is 5.82 Å². The van der Waals surface area contributed by atoms with Crippen molar-refractivity contribution in [2.75, 3.05) is 30.3 Å². The maximum absolute atomic E-state index is 13.6. The number of rotatable bonds is 3. The third kappa shape index (κ3) is 5.33. The van der Waals surface area contributed by atoms with Crippen LogP contribution < -0.4 is 10.6 Å². The van der Waals surface area contributed by atoms with E-state index in [1.165, 1.54) is 12.1 Å². The third-order valence-electron chi connectivity index (χ3n) is 5.75. The molecule has 2 N–H and O–H groups in total. The number of carbonyl (C=O) groups is 1. The fraction of sp³-hybridized carbons (Fsp3) is 0.192. The van der Waals surface area contributed by atoms with E-state index in [4.69, 9.17) is 0 Å². The highest BCUT2D eigenvalue weighted by molar-refractivity contribution is 5.95. The van der Waals surface area contributed by atoms with E-state index in [1.54, 1.807) is 17.0 Å². The minimum absolute atomic E-state index is 0.300. The van der Waals surface area contributed by atoms with Gasteiger partial charge in [0, 0.05) is 31.0 Å². The molecule has 0 radical (unpaired) electrons. The van der Waals surface area contributed by atoms with Crippen LogP contribution in [0.2, 0.25) is 0 Å². The number of amides is 2. The van der Waals surface area contributed by atoms with Crippen molar-refractivity contribution in [3.05, 3.63) is 95.8 Å². The van der Waals surface area contributed by atoms with Gasteiger partial charge in [0.2, 0.25) is 12.2 Å². The van der Waals surface area contributed by atoms with E-state index in [1.807, 2.05) is 72.6 Å². The largest absolute Gasteiger partial charge is 0.338 e. The number of hydrogen-bond donors (Lipinski definition) is 2. The number of guanidine groups is 1. The molecule has 34 heavy (non-hydrogen) atoms. The smallest absolute Gasteiger partial charge is 0.322 e. The summed E-state index contributed by atoms with van der Waals surface area (Å²) >= 11 is 0. The minimum Gasteiger partial charge on any atom is -0.338 e. The van der Waals surface area contributed by atoms with Crippen LogP contribution in [0.3, 0.4) is 0 Å². The molecule has 1 aliphatic rings. The molecule has 1 unspecified atom stereocenters. The quantitative estimate of drug-likeness (QED) is 0.331. The number of piperazine rings is 1. The maximum atomic E-state index is 13.6. The van der Waals surface area contributed by atoms with Crippen molar-refractivity contribution >= 4 is 23.4 Å². The summed E-state index contributed by atoms with van der Waals surface area (Å²) in [5.74, 6) is 0.0183. The maximum Gasteiger partial charge on any atom is 0.322 e. The highest BCUT2D eigenvalue weighted by Gasteiger charge is 2.33. The van der Waals surface area contributed by atoms with Crippen LogP contribution >= 0.6 is 0 Å². The summed E-state index contributed by atoms with van der Waals surface area (Å²) in [6.07, 6.45) is 1.89. The second-order valence-corrected chi connectivity index (χ2v) is 7.98. The summed E-state index contributed by atoms with van der Waals surface area (Å²) < 4.78 is 13.6. The van der Waals surface area contributed by atoms with Gasteiger partial charge in [-0.25, -0.2) is 9.18 Å². The van der Waals surface area contributed by atoms with Gasteiger partial charge in [-0.2, -0.15) is 5.26 Å². The first-order valence-corrected chi connectivity index (χ1v) is 11.0. The predicted molar refractivity (Wildman–Crippen MR) is 131 cm³/mol. The normalized spacial score (nSPS) is 16.0. The molecule has 8 heteroatoms. The number of aliphatic imine (C=N–C) groups is 1. The number of halogens is 1. The molecule has 7 nitrogen and oxygen atoms in total. The van der Waals surface area contributed by atoms with Crippen LogP contribution in [0.1, 0.15) is 17.2 Å². The van der Waals surface area contributed by atoms with E-state index >= 15 is 0 Å². The van der Waals surface area contributed by atoms with Crippen LogP contribution in [0.25, 0.3) is 0 Å². The standard InChI is InChI=1S/C26H25FN6O/c1-19-8-5-6-13-23(19)31-25(29-18-28)32-14-15-33(24(17-32)20-9-3-2-4-10-20)26(34)30-22-12-7-11-21(27)16-22/h2-13,16,24H,14-15,17H2,1H3,(H,29,31)(H,30,34). The lowest BCUT2D eigenvalue weighted by Crippen LogP contribution is -2.54. The fourth-order valence-electron chi connectivity index (χ4n) is 4.00. The second kappa shape index (κ2) is 10.5. The van der Waals surface area contributed by atoms with Gasteiger partial charge in [0.25, 0.3) is 0 Å². The molecule has 1 saturated heterocycles. The predicted octanol–water partition coefficient (Wildman–Crippen LogP) is 4.97. The van der Waals surface area contributed by atoms with E-state index in [-0.39, 0.29) is 12.1 Å².